The monoisotopic (exact) mass is 218 g/mol. The summed E-state index contributed by atoms with van der Waals surface area (Å²) in [5.41, 5.74) is 1.44. The summed E-state index contributed by atoms with van der Waals surface area (Å²) in [7, 11) is 1.27. The Morgan fingerprint density at radius 1 is 1.38 bits per heavy atom. The summed E-state index contributed by atoms with van der Waals surface area (Å²) in [6.07, 6.45) is 2.12. The van der Waals surface area contributed by atoms with Crippen molar-refractivity contribution in [2.24, 2.45) is 0 Å². The molecule has 0 aliphatic rings. The van der Waals surface area contributed by atoms with Gasteiger partial charge in [0.05, 0.1) is 7.11 Å². The average molecular weight is 218 g/mol. The SMILES string of the molecule is C=CCc1ccccc1C(=O)CC(=O)OC. The van der Waals surface area contributed by atoms with Gasteiger partial charge in [-0.15, -0.1) is 6.58 Å². The van der Waals surface area contributed by atoms with Crippen molar-refractivity contribution in [3.8, 4) is 0 Å². The summed E-state index contributed by atoms with van der Waals surface area (Å²) in [5.74, 6) is -0.734. The topological polar surface area (TPSA) is 43.4 Å². The van der Waals surface area contributed by atoms with Crippen LogP contribution >= 0.6 is 0 Å². The summed E-state index contributed by atoms with van der Waals surface area (Å²) >= 11 is 0. The highest BCUT2D eigenvalue weighted by Crippen LogP contribution is 2.12. The van der Waals surface area contributed by atoms with Crippen LogP contribution in [-0.2, 0) is 16.0 Å². The molecule has 0 fully saturated rings. The third kappa shape index (κ3) is 3.05. The summed E-state index contributed by atoms with van der Waals surface area (Å²) in [6.45, 7) is 3.63. The van der Waals surface area contributed by atoms with E-state index in [1.165, 1.54) is 7.11 Å². The Kier molecular flexibility index (Phi) is 4.45. The van der Waals surface area contributed by atoms with Crippen molar-refractivity contribution in [1.82, 2.24) is 0 Å². The van der Waals surface area contributed by atoms with E-state index in [4.69, 9.17) is 0 Å². The van der Waals surface area contributed by atoms with E-state index in [0.717, 1.165) is 5.56 Å². The van der Waals surface area contributed by atoms with E-state index in [1.807, 2.05) is 12.1 Å². The maximum Gasteiger partial charge on any atom is 0.313 e. The third-order valence-electron chi connectivity index (χ3n) is 2.21. The van der Waals surface area contributed by atoms with Crippen molar-refractivity contribution >= 4 is 11.8 Å². The molecule has 0 aromatic heterocycles. The number of rotatable bonds is 5. The third-order valence-corrected chi connectivity index (χ3v) is 2.21. The van der Waals surface area contributed by atoms with Gasteiger partial charge < -0.3 is 4.74 Å². The maximum atomic E-state index is 11.8. The number of ketones is 1. The van der Waals surface area contributed by atoms with Gasteiger partial charge in [0.1, 0.15) is 6.42 Å². The van der Waals surface area contributed by atoms with E-state index in [1.54, 1.807) is 18.2 Å². The summed E-state index contributed by atoms with van der Waals surface area (Å²) < 4.78 is 4.46. The molecule has 1 aromatic carbocycles. The lowest BCUT2D eigenvalue weighted by Crippen LogP contribution is -2.11. The Bertz CT molecular complexity index is 407. The predicted molar refractivity (Wildman–Crippen MR) is 61.3 cm³/mol. The fourth-order valence-corrected chi connectivity index (χ4v) is 1.42. The van der Waals surface area contributed by atoms with Gasteiger partial charge in [0, 0.05) is 5.56 Å². The molecule has 0 heterocycles. The standard InChI is InChI=1S/C13H14O3/c1-3-6-10-7-4-5-8-11(10)12(14)9-13(15)16-2/h3-5,7-8H,1,6,9H2,2H3. The molecule has 3 heteroatoms. The van der Waals surface area contributed by atoms with E-state index in [0.29, 0.717) is 12.0 Å². The first-order chi connectivity index (χ1) is 7.69. The second-order valence-corrected chi connectivity index (χ2v) is 3.33. The van der Waals surface area contributed by atoms with Crippen molar-refractivity contribution in [3.63, 3.8) is 0 Å². The van der Waals surface area contributed by atoms with Gasteiger partial charge in [-0.25, -0.2) is 0 Å². The molecule has 84 valence electrons. The number of hydrogen-bond donors (Lipinski definition) is 0. The van der Waals surface area contributed by atoms with E-state index in [-0.39, 0.29) is 12.2 Å². The molecule has 0 N–H and O–H groups in total. The van der Waals surface area contributed by atoms with Crippen LogP contribution in [0, 0.1) is 0 Å². The van der Waals surface area contributed by atoms with Crippen LogP contribution in [0.1, 0.15) is 22.3 Å². The zero-order chi connectivity index (χ0) is 12.0. The van der Waals surface area contributed by atoms with Crippen molar-refractivity contribution < 1.29 is 14.3 Å². The molecule has 0 saturated heterocycles. The molecular weight excluding hydrogens is 204 g/mol. The first-order valence-electron chi connectivity index (χ1n) is 4.98. The molecule has 0 unspecified atom stereocenters. The lowest BCUT2D eigenvalue weighted by atomic mass is 9.99. The molecule has 0 saturated carbocycles. The second kappa shape index (κ2) is 5.85. The normalized spacial score (nSPS) is 9.56. The molecule has 0 aliphatic carbocycles. The van der Waals surface area contributed by atoms with Crippen molar-refractivity contribution in [2.45, 2.75) is 12.8 Å². The lowest BCUT2D eigenvalue weighted by molar-refractivity contribution is -0.139. The summed E-state index contributed by atoms with van der Waals surface area (Å²) in [6, 6.07) is 7.20. The van der Waals surface area contributed by atoms with Crippen LogP contribution in [0.5, 0.6) is 0 Å². The number of methoxy groups -OCH3 is 1. The maximum absolute atomic E-state index is 11.8. The number of carbonyl (C=O) groups excluding carboxylic acids is 2. The van der Waals surface area contributed by atoms with Gasteiger partial charge in [-0.3, -0.25) is 9.59 Å². The Labute approximate surface area is 94.7 Å². The number of esters is 1. The molecule has 0 spiro atoms. The van der Waals surface area contributed by atoms with E-state index in [9.17, 15) is 9.59 Å². The first-order valence-corrected chi connectivity index (χ1v) is 4.98. The van der Waals surface area contributed by atoms with Crippen molar-refractivity contribution in [2.75, 3.05) is 7.11 Å². The van der Waals surface area contributed by atoms with Crippen LogP contribution in [0.15, 0.2) is 36.9 Å². The van der Waals surface area contributed by atoms with E-state index < -0.39 is 5.97 Å². The highest BCUT2D eigenvalue weighted by molar-refractivity contribution is 6.06. The van der Waals surface area contributed by atoms with Gasteiger partial charge in [-0.1, -0.05) is 30.3 Å². The molecule has 16 heavy (non-hydrogen) atoms. The molecular formula is C13H14O3. The van der Waals surface area contributed by atoms with Crippen LogP contribution in [-0.4, -0.2) is 18.9 Å². The molecule has 0 aliphatic heterocycles. The molecule has 0 atom stereocenters. The summed E-state index contributed by atoms with van der Waals surface area (Å²) in [4.78, 5) is 22.8. The minimum atomic E-state index is -0.515. The van der Waals surface area contributed by atoms with Gasteiger partial charge >= 0.3 is 5.97 Å². The zero-order valence-electron chi connectivity index (χ0n) is 9.23. The minimum Gasteiger partial charge on any atom is -0.469 e. The van der Waals surface area contributed by atoms with Gasteiger partial charge in [0.2, 0.25) is 0 Å². The van der Waals surface area contributed by atoms with Crippen LogP contribution in [0.4, 0.5) is 0 Å². The van der Waals surface area contributed by atoms with Crippen LogP contribution in [0.3, 0.4) is 0 Å². The quantitative estimate of drug-likeness (QED) is 0.329. The van der Waals surface area contributed by atoms with Gasteiger partial charge in [0.25, 0.3) is 0 Å². The number of hydrogen-bond acceptors (Lipinski definition) is 3. The lowest BCUT2D eigenvalue weighted by Gasteiger charge is -2.05. The Morgan fingerprint density at radius 3 is 2.69 bits per heavy atom. The first kappa shape index (κ1) is 12.2. The number of carbonyl (C=O) groups is 2. The zero-order valence-corrected chi connectivity index (χ0v) is 9.23. The highest BCUT2D eigenvalue weighted by atomic mass is 16.5. The molecule has 0 bridgehead atoms. The van der Waals surface area contributed by atoms with Gasteiger partial charge in [0.15, 0.2) is 5.78 Å². The summed E-state index contributed by atoms with van der Waals surface area (Å²) in [5, 5.41) is 0. The Morgan fingerprint density at radius 2 is 2.06 bits per heavy atom. The van der Waals surface area contributed by atoms with Crippen LogP contribution < -0.4 is 0 Å². The van der Waals surface area contributed by atoms with Crippen molar-refractivity contribution in [3.05, 3.63) is 48.0 Å². The number of ether oxygens (including phenoxy) is 1. The molecule has 0 amide bonds. The molecule has 1 aromatic rings. The minimum absolute atomic E-state index is 0.218. The number of allylic oxidation sites excluding steroid dienone is 1. The fourth-order valence-electron chi connectivity index (χ4n) is 1.42. The molecule has 1 rings (SSSR count). The molecule has 0 radical (unpaired) electrons. The predicted octanol–water partition coefficient (Wildman–Crippen LogP) is 2.16. The van der Waals surface area contributed by atoms with Gasteiger partial charge in [-0.2, -0.15) is 0 Å². The van der Waals surface area contributed by atoms with Crippen LogP contribution in [0.25, 0.3) is 0 Å². The average Bonchev–Trinajstić information content (AvgIpc) is 2.30. The van der Waals surface area contributed by atoms with Crippen LogP contribution in [0.2, 0.25) is 0 Å². The Hall–Kier alpha value is -1.90. The van der Waals surface area contributed by atoms with Gasteiger partial charge in [-0.05, 0) is 12.0 Å². The highest BCUT2D eigenvalue weighted by Gasteiger charge is 2.14. The van der Waals surface area contributed by atoms with E-state index in [2.05, 4.69) is 11.3 Å². The Balaban J connectivity index is 2.89. The molecule has 3 nitrogen and oxygen atoms in total. The number of benzene rings is 1. The van der Waals surface area contributed by atoms with Crippen molar-refractivity contribution in [1.29, 1.82) is 0 Å². The fraction of sp³-hybridized carbons (Fsp3) is 0.231. The smallest absolute Gasteiger partial charge is 0.313 e. The van der Waals surface area contributed by atoms with E-state index >= 15 is 0 Å². The number of Topliss-reactive ketones (excluding diaryl/α,β-unsaturated/α-hetero) is 1. The largest absolute Gasteiger partial charge is 0.469 e. The second-order valence-electron chi connectivity index (χ2n) is 3.33.